The van der Waals surface area contributed by atoms with Crippen LogP contribution < -0.4 is 10.6 Å². The van der Waals surface area contributed by atoms with Crippen LogP contribution >= 0.6 is 11.8 Å². The normalized spacial score (nSPS) is 23.0. The minimum absolute atomic E-state index is 0.0153. The smallest absolute Gasteiger partial charge is 0.237 e. The molecule has 1 saturated heterocycles. The second kappa shape index (κ2) is 7.82. The number of hydrogen-bond acceptors (Lipinski definition) is 4. The van der Waals surface area contributed by atoms with Gasteiger partial charge in [0.05, 0.1) is 18.2 Å². The molecule has 3 atom stereocenters. The maximum Gasteiger partial charge on any atom is 0.237 e. The fourth-order valence-electron chi connectivity index (χ4n) is 2.50. The molecule has 1 amide bonds. The summed E-state index contributed by atoms with van der Waals surface area (Å²) in [6, 6.07) is 8.27. The first-order valence-corrected chi connectivity index (χ1v) is 8.42. The molecule has 0 aliphatic carbocycles. The lowest BCUT2D eigenvalue weighted by molar-refractivity contribution is -0.123. The topological polar surface area (TPSA) is 50.4 Å². The SMILES string of the molecule is CCSc1ccc([C@H](C)NC(=O)[C@H]2C[C@H](OC)CN2)cc1. The van der Waals surface area contributed by atoms with Gasteiger partial charge in [0, 0.05) is 18.6 Å². The number of methoxy groups -OCH3 is 1. The lowest BCUT2D eigenvalue weighted by atomic mass is 10.1. The molecule has 1 aliphatic rings. The lowest BCUT2D eigenvalue weighted by Crippen LogP contribution is -2.41. The summed E-state index contributed by atoms with van der Waals surface area (Å²) in [6.07, 6.45) is 0.877. The molecule has 1 aromatic carbocycles. The first-order valence-electron chi connectivity index (χ1n) is 7.43. The van der Waals surface area contributed by atoms with Gasteiger partial charge in [-0.15, -0.1) is 11.8 Å². The van der Waals surface area contributed by atoms with Gasteiger partial charge in [0.1, 0.15) is 0 Å². The minimum atomic E-state index is -0.146. The molecule has 116 valence electrons. The largest absolute Gasteiger partial charge is 0.380 e. The van der Waals surface area contributed by atoms with Crippen molar-refractivity contribution in [3.63, 3.8) is 0 Å². The van der Waals surface area contributed by atoms with Crippen molar-refractivity contribution in [2.24, 2.45) is 0 Å². The highest BCUT2D eigenvalue weighted by Gasteiger charge is 2.29. The Morgan fingerprint density at radius 3 is 2.76 bits per heavy atom. The third-order valence-corrected chi connectivity index (χ3v) is 4.68. The highest BCUT2D eigenvalue weighted by molar-refractivity contribution is 7.99. The molecule has 21 heavy (non-hydrogen) atoms. The van der Waals surface area contributed by atoms with Crippen molar-refractivity contribution in [1.29, 1.82) is 0 Å². The van der Waals surface area contributed by atoms with Gasteiger partial charge in [0.15, 0.2) is 0 Å². The summed E-state index contributed by atoms with van der Waals surface area (Å²) < 4.78 is 5.27. The first kappa shape index (κ1) is 16.3. The number of nitrogens with one attached hydrogen (secondary N) is 2. The predicted octanol–water partition coefficient (Wildman–Crippen LogP) is 2.35. The Balaban J connectivity index is 1.88. The number of thioether (sulfide) groups is 1. The van der Waals surface area contributed by atoms with Gasteiger partial charge in [-0.3, -0.25) is 4.79 Å². The Labute approximate surface area is 131 Å². The molecule has 1 fully saturated rings. The molecule has 1 aromatic rings. The molecule has 2 rings (SSSR count). The van der Waals surface area contributed by atoms with E-state index in [4.69, 9.17) is 4.74 Å². The molecule has 0 radical (unpaired) electrons. The molecule has 0 aromatic heterocycles. The van der Waals surface area contributed by atoms with Crippen LogP contribution in [0, 0.1) is 0 Å². The highest BCUT2D eigenvalue weighted by atomic mass is 32.2. The van der Waals surface area contributed by atoms with E-state index in [0.29, 0.717) is 0 Å². The van der Waals surface area contributed by atoms with Gasteiger partial charge < -0.3 is 15.4 Å². The van der Waals surface area contributed by atoms with Crippen molar-refractivity contribution in [2.75, 3.05) is 19.4 Å². The van der Waals surface area contributed by atoms with Crippen LogP contribution in [0.5, 0.6) is 0 Å². The Morgan fingerprint density at radius 1 is 1.48 bits per heavy atom. The fraction of sp³-hybridized carbons (Fsp3) is 0.562. The first-order chi connectivity index (χ1) is 10.1. The van der Waals surface area contributed by atoms with Crippen LogP contribution in [-0.4, -0.2) is 37.5 Å². The third kappa shape index (κ3) is 4.46. The van der Waals surface area contributed by atoms with E-state index in [0.717, 1.165) is 24.3 Å². The minimum Gasteiger partial charge on any atom is -0.380 e. The molecular formula is C16H24N2O2S. The Morgan fingerprint density at radius 2 is 2.19 bits per heavy atom. The molecule has 2 N–H and O–H groups in total. The average molecular weight is 308 g/mol. The molecule has 0 saturated carbocycles. The quantitative estimate of drug-likeness (QED) is 0.792. The van der Waals surface area contributed by atoms with E-state index in [-0.39, 0.29) is 24.1 Å². The Bertz CT molecular complexity index is 464. The number of ether oxygens (including phenoxy) is 1. The van der Waals surface area contributed by atoms with Gasteiger partial charge in [-0.25, -0.2) is 0 Å². The van der Waals surface area contributed by atoms with Gasteiger partial charge in [0.25, 0.3) is 0 Å². The number of carbonyl (C=O) groups is 1. The lowest BCUT2D eigenvalue weighted by Gasteiger charge is -2.18. The van der Waals surface area contributed by atoms with Crippen LogP contribution in [0.3, 0.4) is 0 Å². The van der Waals surface area contributed by atoms with Gasteiger partial charge in [-0.1, -0.05) is 19.1 Å². The van der Waals surface area contributed by atoms with Crippen molar-refractivity contribution >= 4 is 17.7 Å². The number of benzene rings is 1. The fourth-order valence-corrected chi connectivity index (χ4v) is 3.16. The molecule has 5 heteroatoms. The number of rotatable bonds is 6. The standard InChI is InChI=1S/C16H24N2O2S/c1-4-21-14-7-5-12(6-8-14)11(2)18-16(19)15-9-13(20-3)10-17-15/h5-8,11,13,15,17H,4,9-10H2,1-3H3,(H,18,19)/t11-,13-,15+/m0/s1. The Hall–Kier alpha value is -1.04. The van der Waals surface area contributed by atoms with Crippen LogP contribution in [0.25, 0.3) is 0 Å². The van der Waals surface area contributed by atoms with Crippen LogP contribution in [-0.2, 0) is 9.53 Å². The van der Waals surface area contributed by atoms with Crippen molar-refractivity contribution in [2.45, 2.75) is 43.4 Å². The number of hydrogen-bond donors (Lipinski definition) is 2. The summed E-state index contributed by atoms with van der Waals surface area (Å²) >= 11 is 1.82. The zero-order valence-electron chi connectivity index (χ0n) is 12.9. The van der Waals surface area contributed by atoms with E-state index in [9.17, 15) is 4.79 Å². The van der Waals surface area contributed by atoms with Crippen LogP contribution in [0.2, 0.25) is 0 Å². The summed E-state index contributed by atoms with van der Waals surface area (Å²) in [6.45, 7) is 4.90. The van der Waals surface area contributed by atoms with Crippen LogP contribution in [0.1, 0.15) is 31.9 Å². The van der Waals surface area contributed by atoms with Gasteiger partial charge in [-0.2, -0.15) is 0 Å². The van der Waals surface area contributed by atoms with Crippen molar-refractivity contribution < 1.29 is 9.53 Å². The van der Waals surface area contributed by atoms with Gasteiger partial charge in [-0.05, 0) is 36.8 Å². The summed E-state index contributed by atoms with van der Waals surface area (Å²) in [5.41, 5.74) is 1.13. The van der Waals surface area contributed by atoms with E-state index in [1.165, 1.54) is 4.90 Å². The van der Waals surface area contributed by atoms with Crippen molar-refractivity contribution in [3.05, 3.63) is 29.8 Å². The molecule has 0 unspecified atom stereocenters. The molecule has 0 spiro atoms. The maximum absolute atomic E-state index is 12.2. The van der Waals surface area contributed by atoms with Crippen molar-refractivity contribution in [1.82, 2.24) is 10.6 Å². The summed E-state index contributed by atoms with van der Waals surface area (Å²) in [5.74, 6) is 1.12. The van der Waals surface area contributed by atoms with E-state index >= 15 is 0 Å². The van der Waals surface area contributed by atoms with Crippen molar-refractivity contribution in [3.8, 4) is 0 Å². The molecule has 0 bridgehead atoms. The van der Waals surface area contributed by atoms with Crippen LogP contribution in [0.15, 0.2) is 29.2 Å². The highest BCUT2D eigenvalue weighted by Crippen LogP contribution is 2.21. The van der Waals surface area contributed by atoms with E-state index in [1.807, 2.05) is 18.7 Å². The van der Waals surface area contributed by atoms with Gasteiger partial charge >= 0.3 is 0 Å². The molecule has 1 heterocycles. The summed E-state index contributed by atoms with van der Waals surface area (Å²) in [4.78, 5) is 13.5. The Kier molecular flexibility index (Phi) is 6.08. The van der Waals surface area contributed by atoms with E-state index in [2.05, 4.69) is 41.8 Å². The molecule has 1 aliphatic heterocycles. The summed E-state index contributed by atoms with van der Waals surface area (Å²) in [5, 5.41) is 6.27. The van der Waals surface area contributed by atoms with Gasteiger partial charge in [0.2, 0.25) is 5.91 Å². The van der Waals surface area contributed by atoms with E-state index < -0.39 is 0 Å². The summed E-state index contributed by atoms with van der Waals surface area (Å²) in [7, 11) is 1.69. The maximum atomic E-state index is 12.2. The monoisotopic (exact) mass is 308 g/mol. The second-order valence-corrected chi connectivity index (χ2v) is 6.62. The number of carbonyl (C=O) groups excluding carboxylic acids is 1. The second-order valence-electron chi connectivity index (χ2n) is 5.29. The average Bonchev–Trinajstić information content (AvgIpc) is 2.97. The zero-order valence-corrected chi connectivity index (χ0v) is 13.7. The molecule has 4 nitrogen and oxygen atoms in total. The zero-order chi connectivity index (χ0) is 15.2. The van der Waals surface area contributed by atoms with Crippen LogP contribution in [0.4, 0.5) is 0 Å². The molecular weight excluding hydrogens is 284 g/mol. The van der Waals surface area contributed by atoms with E-state index in [1.54, 1.807) is 7.11 Å². The number of amides is 1. The predicted molar refractivity (Wildman–Crippen MR) is 86.6 cm³/mol. The third-order valence-electron chi connectivity index (χ3n) is 3.79.